The first-order valence-corrected chi connectivity index (χ1v) is 14.8. The number of aliphatic hydroxyl groups excluding tert-OH is 1. The Morgan fingerprint density at radius 3 is 2.02 bits per heavy atom. The average molecular weight is 659 g/mol. The van der Waals surface area contributed by atoms with E-state index < -0.39 is 35.7 Å². The van der Waals surface area contributed by atoms with Crippen LogP contribution in [0, 0.1) is 0 Å². The molecule has 0 spiro atoms. The van der Waals surface area contributed by atoms with Gasteiger partial charge in [-0.15, -0.1) is 0 Å². The van der Waals surface area contributed by atoms with Gasteiger partial charge < -0.3 is 49.5 Å². The van der Waals surface area contributed by atoms with E-state index in [0.29, 0.717) is 11.4 Å². The molecule has 0 aliphatic carbocycles. The highest BCUT2D eigenvalue weighted by molar-refractivity contribution is 6.02. The van der Waals surface area contributed by atoms with Gasteiger partial charge in [-0.3, -0.25) is 19.7 Å². The quantitative estimate of drug-likeness (QED) is 0.107. The van der Waals surface area contributed by atoms with Gasteiger partial charge in [0.1, 0.15) is 11.8 Å². The van der Waals surface area contributed by atoms with Crippen LogP contribution in [0.15, 0.2) is 24.7 Å². The van der Waals surface area contributed by atoms with Crippen LogP contribution >= 0.6 is 0 Å². The average Bonchev–Trinajstić information content (AvgIpc) is 3.63. The maximum Gasteiger partial charge on any atom is 0.407 e. The molecule has 0 radical (unpaired) electrons. The van der Waals surface area contributed by atoms with E-state index >= 15 is 0 Å². The molecule has 0 fully saturated rings. The van der Waals surface area contributed by atoms with Crippen LogP contribution in [0.1, 0.15) is 73.7 Å². The standard InChI is InChI=1S/C29H42N10O8/c1-8-46-27(44)24-36-20(16-39(24)7)34-21(40)9-11-30-25(42)18-13-17(14-37(18)5)32-26(43)23-35-19(15-38(23)6)33-22(41)10-12-31-28(45)47-29(2,3)4/h13-16,25,30,42H,8-12H2,1-7H3,(H,31,45)(H,32,43)(H,33,41)(H,34,40). The number of hydrogen-bond acceptors (Lipinski definition) is 11. The van der Waals surface area contributed by atoms with Crippen LogP contribution in [0.2, 0.25) is 0 Å². The summed E-state index contributed by atoms with van der Waals surface area (Å²) in [6.45, 7) is 7.23. The van der Waals surface area contributed by atoms with Gasteiger partial charge in [0.25, 0.3) is 5.91 Å². The van der Waals surface area contributed by atoms with Gasteiger partial charge in [0.15, 0.2) is 11.6 Å². The highest BCUT2D eigenvalue weighted by Gasteiger charge is 2.20. The molecule has 18 nitrogen and oxygen atoms in total. The number of nitrogens with zero attached hydrogens (tertiary/aromatic N) is 5. The van der Waals surface area contributed by atoms with E-state index in [0.717, 1.165) is 0 Å². The minimum absolute atomic E-state index is 0.00528. The maximum atomic E-state index is 12.9. The number of anilines is 3. The van der Waals surface area contributed by atoms with Gasteiger partial charge >= 0.3 is 12.1 Å². The molecule has 0 bridgehead atoms. The summed E-state index contributed by atoms with van der Waals surface area (Å²) in [7, 11) is 4.88. The van der Waals surface area contributed by atoms with Crippen molar-refractivity contribution in [1.82, 2.24) is 34.3 Å². The number of amides is 4. The molecule has 0 aliphatic rings. The van der Waals surface area contributed by atoms with Crippen molar-refractivity contribution in [3.63, 3.8) is 0 Å². The van der Waals surface area contributed by atoms with E-state index in [1.165, 1.54) is 21.5 Å². The third kappa shape index (κ3) is 11.0. The number of hydrogen-bond donors (Lipinski definition) is 6. The van der Waals surface area contributed by atoms with Gasteiger partial charge in [-0.05, 0) is 33.8 Å². The smallest absolute Gasteiger partial charge is 0.407 e. The number of carbonyl (C=O) groups is 5. The third-order valence-electron chi connectivity index (χ3n) is 6.24. The van der Waals surface area contributed by atoms with Gasteiger partial charge in [0.05, 0.1) is 18.0 Å². The Labute approximate surface area is 271 Å². The Hall–Kier alpha value is -5.23. The molecule has 1 atom stereocenters. The SMILES string of the molecule is CCOC(=O)c1nc(NC(=O)CCNC(O)c2cc(NC(=O)c3nc(NC(=O)CCNC(=O)OC(C)(C)C)cn3C)cn2C)cn1C. The lowest BCUT2D eigenvalue weighted by Crippen LogP contribution is -2.34. The van der Waals surface area contributed by atoms with Crippen LogP contribution in [0.25, 0.3) is 0 Å². The van der Waals surface area contributed by atoms with Crippen LogP contribution in [-0.4, -0.2) is 83.9 Å². The van der Waals surface area contributed by atoms with Gasteiger partial charge in [0, 0.05) is 65.7 Å². The molecular weight excluding hydrogens is 616 g/mol. The number of nitrogens with one attached hydrogen (secondary N) is 5. The number of aliphatic hydroxyl groups is 1. The summed E-state index contributed by atoms with van der Waals surface area (Å²) < 4.78 is 14.5. The van der Waals surface area contributed by atoms with Crippen molar-refractivity contribution in [2.24, 2.45) is 21.1 Å². The van der Waals surface area contributed by atoms with Crippen LogP contribution < -0.4 is 26.6 Å². The monoisotopic (exact) mass is 658 g/mol. The normalized spacial score (nSPS) is 11.8. The molecule has 3 aromatic heterocycles. The summed E-state index contributed by atoms with van der Waals surface area (Å²) in [6.07, 6.45) is 2.72. The van der Waals surface area contributed by atoms with E-state index in [4.69, 9.17) is 9.47 Å². The molecule has 0 saturated carbocycles. The Morgan fingerprint density at radius 2 is 1.43 bits per heavy atom. The van der Waals surface area contributed by atoms with E-state index in [1.54, 1.807) is 65.7 Å². The molecule has 4 amide bonds. The number of ether oxygens (including phenoxy) is 2. The molecule has 0 aromatic carbocycles. The molecule has 256 valence electrons. The van der Waals surface area contributed by atoms with Gasteiger partial charge in [-0.1, -0.05) is 0 Å². The summed E-state index contributed by atoms with van der Waals surface area (Å²) in [5, 5.41) is 23.9. The number of aromatic nitrogens is 5. The first-order valence-electron chi connectivity index (χ1n) is 14.8. The predicted octanol–water partition coefficient (Wildman–Crippen LogP) is 1.38. The zero-order valence-electron chi connectivity index (χ0n) is 27.5. The zero-order valence-corrected chi connectivity index (χ0v) is 27.5. The van der Waals surface area contributed by atoms with Crippen molar-refractivity contribution in [1.29, 1.82) is 0 Å². The van der Waals surface area contributed by atoms with Crippen LogP contribution in [-0.2, 0) is 40.2 Å². The van der Waals surface area contributed by atoms with Gasteiger partial charge in [-0.25, -0.2) is 19.6 Å². The van der Waals surface area contributed by atoms with Crippen LogP contribution in [0.5, 0.6) is 0 Å². The van der Waals surface area contributed by atoms with Crippen molar-refractivity contribution < 1.29 is 38.6 Å². The lowest BCUT2D eigenvalue weighted by molar-refractivity contribution is -0.117. The van der Waals surface area contributed by atoms with Crippen LogP contribution in [0.4, 0.5) is 22.1 Å². The first kappa shape index (κ1) is 36.2. The predicted molar refractivity (Wildman–Crippen MR) is 169 cm³/mol. The second-order valence-corrected chi connectivity index (χ2v) is 11.4. The van der Waals surface area contributed by atoms with Gasteiger partial charge in [-0.2, -0.15) is 0 Å². The summed E-state index contributed by atoms with van der Waals surface area (Å²) in [6, 6.07) is 1.56. The van der Waals surface area contributed by atoms with Crippen LogP contribution in [0.3, 0.4) is 0 Å². The molecule has 47 heavy (non-hydrogen) atoms. The van der Waals surface area contributed by atoms with E-state index in [9.17, 15) is 29.1 Å². The van der Waals surface area contributed by atoms with Crippen molar-refractivity contribution >= 4 is 47.1 Å². The number of aryl methyl sites for hydroxylation is 3. The Morgan fingerprint density at radius 1 is 0.851 bits per heavy atom. The summed E-state index contributed by atoms with van der Waals surface area (Å²) >= 11 is 0. The highest BCUT2D eigenvalue weighted by atomic mass is 16.6. The van der Waals surface area contributed by atoms with E-state index in [1.807, 2.05) is 0 Å². The molecule has 0 aliphatic heterocycles. The van der Waals surface area contributed by atoms with Crippen molar-refractivity contribution in [3.8, 4) is 0 Å². The van der Waals surface area contributed by atoms with Gasteiger partial charge in [0.2, 0.25) is 23.5 Å². The summed E-state index contributed by atoms with van der Waals surface area (Å²) in [4.78, 5) is 69.5. The number of rotatable bonds is 14. The number of imidazole rings is 2. The van der Waals surface area contributed by atoms with Crippen molar-refractivity contribution in [2.45, 2.75) is 52.4 Å². The number of carbonyl (C=O) groups excluding carboxylic acids is 5. The molecule has 0 saturated heterocycles. The lowest BCUT2D eigenvalue weighted by Gasteiger charge is -2.19. The molecule has 3 aromatic rings. The fraction of sp³-hybridized carbons (Fsp3) is 0.483. The first-order chi connectivity index (χ1) is 22.1. The zero-order chi connectivity index (χ0) is 34.9. The largest absolute Gasteiger partial charge is 0.460 e. The Bertz CT molecular complexity index is 1600. The molecule has 3 heterocycles. The molecule has 6 N–H and O–H groups in total. The Kier molecular flexibility index (Phi) is 12.2. The summed E-state index contributed by atoms with van der Waals surface area (Å²) in [5.41, 5.74) is 0.134. The number of alkyl carbamates (subject to hydrolysis) is 1. The van der Waals surface area contributed by atoms with E-state index in [2.05, 4.69) is 36.6 Å². The molecule has 18 heteroatoms. The fourth-order valence-corrected chi connectivity index (χ4v) is 4.19. The van der Waals surface area contributed by atoms with Crippen molar-refractivity contribution in [2.75, 3.05) is 35.6 Å². The highest BCUT2D eigenvalue weighted by Crippen LogP contribution is 2.19. The molecule has 3 rings (SSSR count). The maximum absolute atomic E-state index is 12.9. The second-order valence-electron chi connectivity index (χ2n) is 11.4. The minimum Gasteiger partial charge on any atom is -0.460 e. The van der Waals surface area contributed by atoms with Crippen molar-refractivity contribution in [3.05, 3.63) is 42.0 Å². The lowest BCUT2D eigenvalue weighted by atomic mass is 10.2. The van der Waals surface area contributed by atoms with E-state index in [-0.39, 0.29) is 61.7 Å². The molecule has 1 unspecified atom stereocenters. The number of esters is 1. The minimum atomic E-state index is -1.16. The Balaban J connectivity index is 1.47. The topological polar surface area (TPSA) is 225 Å². The fourth-order valence-electron chi connectivity index (χ4n) is 4.19. The third-order valence-corrected chi connectivity index (χ3v) is 6.24. The molecular formula is C29H42N10O8. The summed E-state index contributed by atoms with van der Waals surface area (Å²) in [5.74, 6) is -1.55. The second kappa shape index (κ2) is 15.9.